The Balaban J connectivity index is 1.62. The Morgan fingerprint density at radius 1 is 1.08 bits per heavy atom. The number of amides is 4. The summed E-state index contributed by atoms with van der Waals surface area (Å²) in [6, 6.07) is 13.5. The van der Waals surface area contributed by atoms with Crippen molar-refractivity contribution in [2.24, 2.45) is 11.7 Å². The highest BCUT2D eigenvalue weighted by Crippen LogP contribution is 2.49. The van der Waals surface area contributed by atoms with Gasteiger partial charge in [-0.1, -0.05) is 36.8 Å². The molecule has 8 nitrogen and oxygen atoms in total. The first-order valence-electron chi connectivity index (χ1n) is 13.8. The van der Waals surface area contributed by atoms with Crippen molar-refractivity contribution >= 4 is 23.7 Å². The molecule has 38 heavy (non-hydrogen) atoms. The maximum atomic E-state index is 13.4. The van der Waals surface area contributed by atoms with Crippen LogP contribution in [-0.2, 0) is 11.2 Å². The lowest BCUT2D eigenvalue weighted by Gasteiger charge is -2.22. The number of hydrogen-bond donors (Lipinski definition) is 3. The van der Waals surface area contributed by atoms with E-state index in [-0.39, 0.29) is 41.6 Å². The normalized spacial score (nSPS) is 19.7. The van der Waals surface area contributed by atoms with Crippen LogP contribution in [0.1, 0.15) is 73.9 Å². The van der Waals surface area contributed by atoms with Crippen LogP contribution in [0.4, 0.5) is 4.79 Å². The highest BCUT2D eigenvalue weighted by molar-refractivity contribution is 5.99. The minimum Gasteiger partial charge on any atom is -0.388 e. The summed E-state index contributed by atoms with van der Waals surface area (Å²) in [5.74, 6) is -0.229. The number of nitrogens with one attached hydrogen (secondary N) is 2. The summed E-state index contributed by atoms with van der Waals surface area (Å²) in [5, 5.41) is 10.3. The zero-order valence-corrected chi connectivity index (χ0v) is 22.6. The minimum atomic E-state index is -0.325. The van der Waals surface area contributed by atoms with Crippen LogP contribution in [0.3, 0.4) is 0 Å². The van der Waals surface area contributed by atoms with Crippen molar-refractivity contribution < 1.29 is 14.4 Å². The summed E-state index contributed by atoms with van der Waals surface area (Å²) in [6.45, 7) is 7.60. The lowest BCUT2D eigenvalue weighted by molar-refractivity contribution is -0.129. The van der Waals surface area contributed by atoms with Gasteiger partial charge in [0.25, 0.3) is 5.91 Å². The smallest absolute Gasteiger partial charge is 0.324 e. The molecule has 0 aromatic heterocycles. The van der Waals surface area contributed by atoms with E-state index in [4.69, 9.17) is 11.1 Å². The first-order chi connectivity index (χ1) is 18.3. The molecule has 1 heterocycles. The van der Waals surface area contributed by atoms with E-state index in [1.165, 1.54) is 4.90 Å². The standard InChI is InChI=1S/C30H39N5O3/c1-4-33-30(38)35-25-18-22-17-20(19-10-9-11-21(16-19)28(36)34(5-2)6-3)14-15-23(22)27(25)24(29(35)37)12-7-8-13-26(31)32/h9-11,14-17,24-25,27H,4-8,12-13,18H2,1-3H3,(H3,31,32)(H,33,38)/t24-,25+,27-/m0/s1. The Morgan fingerprint density at radius 3 is 2.50 bits per heavy atom. The number of amidine groups is 1. The summed E-state index contributed by atoms with van der Waals surface area (Å²) in [7, 11) is 0. The van der Waals surface area contributed by atoms with Gasteiger partial charge in [0.2, 0.25) is 5.91 Å². The number of carbonyl (C=O) groups excluding carboxylic acids is 3. The van der Waals surface area contributed by atoms with Gasteiger partial charge in [0.05, 0.1) is 11.9 Å². The number of urea groups is 1. The third kappa shape index (κ3) is 5.30. The van der Waals surface area contributed by atoms with Gasteiger partial charge in [-0.15, -0.1) is 0 Å². The molecule has 1 aliphatic carbocycles. The second-order valence-corrected chi connectivity index (χ2v) is 10.2. The second-order valence-electron chi connectivity index (χ2n) is 10.2. The van der Waals surface area contributed by atoms with Gasteiger partial charge in [-0.25, -0.2) is 4.79 Å². The van der Waals surface area contributed by atoms with E-state index < -0.39 is 0 Å². The van der Waals surface area contributed by atoms with E-state index in [2.05, 4.69) is 23.5 Å². The van der Waals surface area contributed by atoms with E-state index in [1.807, 2.05) is 49.9 Å². The quantitative estimate of drug-likeness (QED) is 0.244. The lowest BCUT2D eigenvalue weighted by Crippen LogP contribution is -2.46. The molecule has 4 amide bonds. The number of rotatable bonds is 10. The first kappa shape index (κ1) is 27.4. The van der Waals surface area contributed by atoms with Crippen LogP contribution in [0.25, 0.3) is 11.1 Å². The maximum Gasteiger partial charge on any atom is 0.324 e. The number of benzene rings is 2. The molecule has 4 N–H and O–H groups in total. The zero-order valence-electron chi connectivity index (χ0n) is 22.6. The third-order valence-electron chi connectivity index (χ3n) is 7.92. The van der Waals surface area contributed by atoms with E-state index in [0.29, 0.717) is 44.5 Å². The molecule has 1 saturated heterocycles. The predicted octanol–water partition coefficient (Wildman–Crippen LogP) is 4.53. The molecule has 0 bridgehead atoms. The highest BCUT2D eigenvalue weighted by Gasteiger charge is 2.54. The Bertz CT molecular complexity index is 1220. The summed E-state index contributed by atoms with van der Waals surface area (Å²) >= 11 is 0. The molecule has 202 valence electrons. The van der Waals surface area contributed by atoms with Gasteiger partial charge < -0.3 is 16.0 Å². The molecular weight excluding hydrogens is 478 g/mol. The molecule has 3 atom stereocenters. The Kier molecular flexibility index (Phi) is 8.49. The van der Waals surface area contributed by atoms with Crippen LogP contribution in [0.5, 0.6) is 0 Å². The summed E-state index contributed by atoms with van der Waals surface area (Å²) in [4.78, 5) is 42.5. The molecule has 4 rings (SSSR count). The van der Waals surface area contributed by atoms with E-state index >= 15 is 0 Å². The molecule has 2 aliphatic rings. The topological polar surface area (TPSA) is 120 Å². The third-order valence-corrected chi connectivity index (χ3v) is 7.92. The Morgan fingerprint density at radius 2 is 1.82 bits per heavy atom. The molecule has 8 heteroatoms. The van der Waals surface area contributed by atoms with Crippen molar-refractivity contribution in [3.63, 3.8) is 0 Å². The van der Waals surface area contributed by atoms with Gasteiger partial charge in [0.1, 0.15) is 0 Å². The number of nitrogens with two attached hydrogens (primary N) is 1. The lowest BCUT2D eigenvalue weighted by atomic mass is 9.84. The fourth-order valence-corrected chi connectivity index (χ4v) is 6.07. The Hall–Kier alpha value is -3.68. The van der Waals surface area contributed by atoms with Crippen LogP contribution < -0.4 is 11.1 Å². The average molecular weight is 518 g/mol. The fourth-order valence-electron chi connectivity index (χ4n) is 6.07. The molecule has 1 aliphatic heterocycles. The van der Waals surface area contributed by atoms with Crippen molar-refractivity contribution in [2.75, 3.05) is 19.6 Å². The van der Waals surface area contributed by atoms with Crippen LogP contribution in [0.2, 0.25) is 0 Å². The summed E-state index contributed by atoms with van der Waals surface area (Å²) < 4.78 is 0. The maximum absolute atomic E-state index is 13.4. The van der Waals surface area contributed by atoms with E-state index in [1.54, 1.807) is 0 Å². The molecule has 0 radical (unpaired) electrons. The number of carbonyl (C=O) groups is 3. The number of likely N-dealkylation sites (tertiary alicyclic amines) is 1. The van der Waals surface area contributed by atoms with Gasteiger partial charge in [0.15, 0.2) is 0 Å². The van der Waals surface area contributed by atoms with Gasteiger partial charge in [-0.05, 0) is 74.4 Å². The molecule has 1 fully saturated rings. The molecular formula is C30H39N5O3. The van der Waals surface area contributed by atoms with Gasteiger partial charge in [-0.2, -0.15) is 0 Å². The molecule has 2 aromatic carbocycles. The summed E-state index contributed by atoms with van der Waals surface area (Å²) in [5.41, 5.74) is 10.4. The SMILES string of the molecule is CCNC(=O)N1C(=O)[C@@H](CCCCC(=N)N)[C@@H]2c3ccc(-c4cccc(C(=O)N(CC)CC)c4)cc3C[C@H]21. The zero-order chi connectivity index (χ0) is 27.4. The van der Waals surface area contributed by atoms with Crippen molar-refractivity contribution in [3.8, 4) is 11.1 Å². The van der Waals surface area contributed by atoms with Crippen molar-refractivity contribution in [3.05, 3.63) is 59.2 Å². The highest BCUT2D eigenvalue weighted by atomic mass is 16.2. The average Bonchev–Trinajstić information content (AvgIpc) is 3.39. The van der Waals surface area contributed by atoms with Crippen LogP contribution in [0.15, 0.2) is 42.5 Å². The fraction of sp³-hybridized carbons (Fsp3) is 0.467. The number of fused-ring (bicyclic) bond motifs is 3. The van der Waals surface area contributed by atoms with E-state index in [9.17, 15) is 14.4 Å². The molecule has 0 unspecified atom stereocenters. The number of imide groups is 1. The van der Waals surface area contributed by atoms with Gasteiger partial charge >= 0.3 is 6.03 Å². The van der Waals surface area contributed by atoms with Crippen molar-refractivity contribution in [1.82, 2.24) is 15.1 Å². The molecule has 0 saturated carbocycles. The summed E-state index contributed by atoms with van der Waals surface area (Å²) in [6.07, 6.45) is 3.35. The molecule has 0 spiro atoms. The number of unbranched alkanes of at least 4 members (excludes halogenated alkanes) is 1. The molecule has 2 aromatic rings. The first-order valence-corrected chi connectivity index (χ1v) is 13.8. The van der Waals surface area contributed by atoms with Gasteiger partial charge in [-0.3, -0.25) is 19.9 Å². The number of hydrogen-bond acceptors (Lipinski definition) is 4. The monoisotopic (exact) mass is 517 g/mol. The Labute approximate surface area is 225 Å². The van der Waals surface area contributed by atoms with E-state index in [0.717, 1.165) is 35.1 Å². The van der Waals surface area contributed by atoms with Crippen LogP contribution in [-0.4, -0.2) is 59.2 Å². The predicted molar refractivity (Wildman–Crippen MR) is 149 cm³/mol. The van der Waals surface area contributed by atoms with Gasteiger partial charge in [0, 0.05) is 43.5 Å². The van der Waals surface area contributed by atoms with Crippen LogP contribution >= 0.6 is 0 Å². The number of nitrogens with zero attached hydrogens (tertiary/aromatic N) is 2. The second kappa shape index (κ2) is 11.8. The van der Waals surface area contributed by atoms with Crippen molar-refractivity contribution in [1.29, 1.82) is 5.41 Å². The van der Waals surface area contributed by atoms with Crippen LogP contribution in [0, 0.1) is 11.3 Å². The largest absolute Gasteiger partial charge is 0.388 e. The van der Waals surface area contributed by atoms with Crippen molar-refractivity contribution in [2.45, 2.75) is 64.8 Å². The minimum absolute atomic E-state index is 0.0243.